The van der Waals surface area contributed by atoms with Gasteiger partial charge in [-0.05, 0) is 12.5 Å². The first-order valence-corrected chi connectivity index (χ1v) is 3.07. The Bertz CT molecular complexity index is 155. The van der Waals surface area contributed by atoms with Gasteiger partial charge in [-0.25, -0.2) is 0 Å². The van der Waals surface area contributed by atoms with E-state index in [-0.39, 0.29) is 5.91 Å². The molecule has 0 aliphatic carbocycles. The number of allylic oxidation sites excluding steroid dienone is 1. The summed E-state index contributed by atoms with van der Waals surface area (Å²) in [5.74, 6) is 0.494. The van der Waals surface area contributed by atoms with Crippen LogP contribution in [0.4, 0.5) is 0 Å². The number of carbonyl (C=O) groups excluding carboxylic acids is 1. The fourth-order valence-corrected chi connectivity index (χ4v) is 0.787. The first-order chi connectivity index (χ1) is 4.33. The highest BCUT2D eigenvalue weighted by molar-refractivity contribution is 7.53. The largest absolute Gasteiger partial charge is 0.292 e. The van der Waals surface area contributed by atoms with E-state index in [1.54, 1.807) is 0 Å². The van der Waals surface area contributed by atoms with Crippen LogP contribution in [0.2, 0.25) is 0 Å². The Hall–Kier alpha value is -0.640. The highest BCUT2D eigenvalue weighted by Gasteiger charge is 2.10. The Labute approximate surface area is 58.7 Å². The highest BCUT2D eigenvalue weighted by atomic mass is 32.1. The van der Waals surface area contributed by atoms with Gasteiger partial charge in [0.2, 0.25) is 5.91 Å². The van der Waals surface area contributed by atoms with Crippen molar-refractivity contribution in [2.24, 2.45) is 0 Å². The fourth-order valence-electron chi connectivity index (χ4n) is 0.652. The smallest absolute Gasteiger partial charge is 0.255 e. The van der Waals surface area contributed by atoms with Gasteiger partial charge in [-0.2, -0.15) is 0 Å². The lowest BCUT2D eigenvalue weighted by Gasteiger charge is -2.07. The molecule has 0 bridgehead atoms. The van der Waals surface area contributed by atoms with Gasteiger partial charge in [0.25, 0.3) is 5.88 Å². The first kappa shape index (κ1) is 6.48. The number of rotatable bonds is 1. The maximum Gasteiger partial charge on any atom is 0.255 e. The van der Waals surface area contributed by atoms with Crippen molar-refractivity contribution in [1.82, 2.24) is 5.32 Å². The van der Waals surface area contributed by atoms with Crippen LogP contribution in [0.15, 0.2) is 12.0 Å². The maximum absolute atomic E-state index is 10.6. The molecule has 0 saturated carbocycles. The summed E-state index contributed by atoms with van der Waals surface area (Å²) in [6, 6.07) is 0. The minimum Gasteiger partial charge on any atom is -0.292 e. The van der Waals surface area contributed by atoms with Crippen LogP contribution in [0, 0.1) is 0 Å². The second-order valence-corrected chi connectivity index (χ2v) is 1.96. The molecule has 0 aromatic heterocycles. The summed E-state index contributed by atoms with van der Waals surface area (Å²) >= 11 is 2.80. The molecule has 0 spiro atoms. The first-order valence-electron chi connectivity index (χ1n) is 2.66. The van der Waals surface area contributed by atoms with Crippen molar-refractivity contribution >= 4 is 18.8 Å². The number of amides is 1. The van der Waals surface area contributed by atoms with Crippen LogP contribution in [0.5, 0.6) is 0 Å². The van der Waals surface area contributed by atoms with Gasteiger partial charge in [0, 0.05) is 6.42 Å². The van der Waals surface area contributed by atoms with E-state index in [9.17, 15) is 4.79 Å². The van der Waals surface area contributed by atoms with Crippen LogP contribution in [-0.2, 0) is 21.9 Å². The van der Waals surface area contributed by atoms with Gasteiger partial charge in [0.1, 0.15) is 0 Å². The van der Waals surface area contributed by atoms with E-state index in [1.165, 1.54) is 0 Å². The standard InChI is InChI=1S/C5H7NO2S/c7-4-2-1-3-5(6-4)8-9/h3,9H,1-2H2,(H,6,7)/p+1. The van der Waals surface area contributed by atoms with Gasteiger partial charge in [-0.15, -0.1) is 0 Å². The monoisotopic (exact) mass is 146 g/mol. The van der Waals surface area contributed by atoms with Crippen LogP contribution in [0.3, 0.4) is 0 Å². The van der Waals surface area contributed by atoms with Crippen LogP contribution in [-0.4, -0.2) is 5.91 Å². The number of hydrogen-bond acceptors (Lipinski definition) is 2. The lowest BCUT2D eigenvalue weighted by molar-refractivity contribution is -0.121. The normalized spacial score (nSPS) is 18.3. The molecule has 0 aromatic carbocycles. The minimum atomic E-state index is 0.00532. The van der Waals surface area contributed by atoms with Crippen molar-refractivity contribution in [3.8, 4) is 0 Å². The predicted octanol–water partition coefficient (Wildman–Crippen LogP) is -0.319. The quantitative estimate of drug-likeness (QED) is 0.515. The lowest BCUT2D eigenvalue weighted by atomic mass is 10.2. The molecule has 0 radical (unpaired) electrons. The Morgan fingerprint density at radius 3 is 3.00 bits per heavy atom. The number of carbonyl (C=O) groups is 1. The Morgan fingerprint density at radius 2 is 2.56 bits per heavy atom. The van der Waals surface area contributed by atoms with E-state index >= 15 is 0 Å². The van der Waals surface area contributed by atoms with E-state index in [4.69, 9.17) is 0 Å². The summed E-state index contributed by atoms with van der Waals surface area (Å²) in [6.45, 7) is 0. The van der Waals surface area contributed by atoms with Crippen LogP contribution < -0.4 is 5.32 Å². The van der Waals surface area contributed by atoms with Crippen molar-refractivity contribution in [2.75, 3.05) is 0 Å². The van der Waals surface area contributed by atoms with Crippen molar-refractivity contribution in [3.63, 3.8) is 0 Å². The molecular formula is C5H8NO2S+. The van der Waals surface area contributed by atoms with Crippen LogP contribution >= 0.6 is 0 Å². The third-order valence-corrected chi connectivity index (χ3v) is 1.29. The molecule has 0 saturated heterocycles. The number of hydrogen-bond donors (Lipinski definition) is 1. The van der Waals surface area contributed by atoms with Gasteiger partial charge in [0.15, 0.2) is 12.9 Å². The Kier molecular flexibility index (Phi) is 2.00. The summed E-state index contributed by atoms with van der Waals surface area (Å²) < 4.78 is 4.60. The molecule has 0 atom stereocenters. The summed E-state index contributed by atoms with van der Waals surface area (Å²) in [4.78, 5) is 10.6. The fraction of sp³-hybridized carbons (Fsp3) is 0.400. The average Bonchev–Trinajstić information content (AvgIpc) is 1.88. The predicted molar refractivity (Wildman–Crippen MR) is 36.7 cm³/mol. The third kappa shape index (κ3) is 1.64. The van der Waals surface area contributed by atoms with Crippen LogP contribution in [0.25, 0.3) is 0 Å². The highest BCUT2D eigenvalue weighted by Crippen LogP contribution is 2.03. The van der Waals surface area contributed by atoms with Gasteiger partial charge in [-0.3, -0.25) is 14.3 Å². The van der Waals surface area contributed by atoms with Gasteiger partial charge < -0.3 is 0 Å². The minimum absolute atomic E-state index is 0.00532. The molecule has 4 heteroatoms. The molecule has 1 aliphatic rings. The molecule has 9 heavy (non-hydrogen) atoms. The molecule has 1 aliphatic heterocycles. The van der Waals surface area contributed by atoms with Gasteiger partial charge in [-0.1, -0.05) is 0 Å². The van der Waals surface area contributed by atoms with Crippen LogP contribution in [0.1, 0.15) is 12.8 Å². The zero-order valence-corrected chi connectivity index (χ0v) is 5.81. The zero-order valence-electron chi connectivity index (χ0n) is 4.81. The summed E-state index contributed by atoms with van der Waals surface area (Å²) in [6.07, 6.45) is 3.12. The SMILES string of the molecule is O=C1CCC=C(O[SH2+])N1. The topological polar surface area (TPSA) is 38.3 Å². The average molecular weight is 146 g/mol. The Morgan fingerprint density at radius 1 is 1.78 bits per heavy atom. The molecule has 0 unspecified atom stereocenters. The van der Waals surface area contributed by atoms with Crippen molar-refractivity contribution in [1.29, 1.82) is 0 Å². The third-order valence-electron chi connectivity index (χ3n) is 1.07. The molecule has 1 N–H and O–H groups in total. The molecular weight excluding hydrogens is 138 g/mol. The van der Waals surface area contributed by atoms with Crippen molar-refractivity contribution < 1.29 is 8.98 Å². The number of nitrogens with one attached hydrogen (secondary N) is 1. The second-order valence-electron chi connectivity index (χ2n) is 1.76. The van der Waals surface area contributed by atoms with E-state index in [0.29, 0.717) is 12.3 Å². The lowest BCUT2D eigenvalue weighted by Crippen LogP contribution is -2.25. The summed E-state index contributed by atoms with van der Waals surface area (Å²) in [5.41, 5.74) is 0. The molecule has 1 heterocycles. The van der Waals surface area contributed by atoms with E-state index in [2.05, 4.69) is 22.4 Å². The second kappa shape index (κ2) is 2.77. The summed E-state index contributed by atoms with van der Waals surface area (Å²) in [7, 11) is 0. The van der Waals surface area contributed by atoms with Crippen molar-refractivity contribution in [2.45, 2.75) is 12.8 Å². The molecule has 3 nitrogen and oxygen atoms in total. The molecule has 0 aromatic rings. The maximum atomic E-state index is 10.6. The Balaban J connectivity index is 2.53. The molecule has 1 amide bonds. The van der Waals surface area contributed by atoms with Gasteiger partial charge >= 0.3 is 0 Å². The van der Waals surface area contributed by atoms with Gasteiger partial charge in [0.05, 0.1) is 0 Å². The summed E-state index contributed by atoms with van der Waals surface area (Å²) in [5, 5.41) is 2.52. The van der Waals surface area contributed by atoms with E-state index in [1.807, 2.05) is 6.08 Å². The van der Waals surface area contributed by atoms with E-state index < -0.39 is 0 Å². The molecule has 0 fully saturated rings. The molecule has 50 valence electrons. The van der Waals surface area contributed by atoms with E-state index in [0.717, 1.165) is 6.42 Å². The molecule has 1 rings (SSSR count). The zero-order chi connectivity index (χ0) is 6.69. The van der Waals surface area contributed by atoms with Crippen molar-refractivity contribution in [3.05, 3.63) is 12.0 Å².